The van der Waals surface area contributed by atoms with Gasteiger partial charge in [0.25, 0.3) is 0 Å². The van der Waals surface area contributed by atoms with E-state index in [4.69, 9.17) is 5.11 Å². The molecule has 1 aromatic rings. The lowest BCUT2D eigenvalue weighted by Crippen LogP contribution is -2.05. The monoisotopic (exact) mass is 232 g/mol. The molecule has 0 radical (unpaired) electrons. The standard InChI is InChI=1S/C14H16O3/c1-8-7-10-3-5-12(15)14(10)9(2)11(8)4-6-13(16)17/h7H,3-6H2,1-2H3,(H,16,17). The van der Waals surface area contributed by atoms with Crippen molar-refractivity contribution in [3.63, 3.8) is 0 Å². The molecule has 17 heavy (non-hydrogen) atoms. The highest BCUT2D eigenvalue weighted by Crippen LogP contribution is 2.30. The number of fused-ring (bicyclic) bond motifs is 1. The van der Waals surface area contributed by atoms with Gasteiger partial charge in [0, 0.05) is 18.4 Å². The van der Waals surface area contributed by atoms with E-state index in [0.29, 0.717) is 12.8 Å². The van der Waals surface area contributed by atoms with Gasteiger partial charge < -0.3 is 5.11 Å². The van der Waals surface area contributed by atoms with Gasteiger partial charge in [-0.05, 0) is 48.9 Å². The highest BCUT2D eigenvalue weighted by Gasteiger charge is 2.24. The fourth-order valence-electron chi connectivity index (χ4n) is 2.68. The van der Waals surface area contributed by atoms with E-state index in [9.17, 15) is 9.59 Å². The van der Waals surface area contributed by atoms with Crippen LogP contribution in [0.5, 0.6) is 0 Å². The lowest BCUT2D eigenvalue weighted by atomic mass is 9.91. The van der Waals surface area contributed by atoms with Gasteiger partial charge in [-0.15, -0.1) is 0 Å². The first-order valence-corrected chi connectivity index (χ1v) is 5.87. The first-order valence-electron chi connectivity index (χ1n) is 5.87. The second-order valence-corrected chi connectivity index (χ2v) is 4.65. The van der Waals surface area contributed by atoms with Gasteiger partial charge in [0.05, 0.1) is 0 Å². The molecule has 1 aliphatic rings. The van der Waals surface area contributed by atoms with Crippen LogP contribution in [0.3, 0.4) is 0 Å². The Morgan fingerprint density at radius 3 is 2.71 bits per heavy atom. The molecule has 1 aromatic carbocycles. The van der Waals surface area contributed by atoms with E-state index >= 15 is 0 Å². The highest BCUT2D eigenvalue weighted by molar-refractivity contribution is 6.02. The maximum absolute atomic E-state index is 11.8. The Balaban J connectivity index is 2.43. The van der Waals surface area contributed by atoms with Crippen LogP contribution in [0.15, 0.2) is 6.07 Å². The SMILES string of the molecule is Cc1cc2c(c(C)c1CCC(=O)O)C(=O)CC2. The highest BCUT2D eigenvalue weighted by atomic mass is 16.4. The summed E-state index contributed by atoms with van der Waals surface area (Å²) in [4.78, 5) is 22.4. The fourth-order valence-corrected chi connectivity index (χ4v) is 2.68. The van der Waals surface area contributed by atoms with Crippen molar-refractivity contribution >= 4 is 11.8 Å². The van der Waals surface area contributed by atoms with Crippen molar-refractivity contribution in [3.8, 4) is 0 Å². The van der Waals surface area contributed by atoms with Gasteiger partial charge in [-0.25, -0.2) is 0 Å². The number of rotatable bonds is 3. The lowest BCUT2D eigenvalue weighted by Gasteiger charge is -2.13. The molecule has 0 heterocycles. The maximum atomic E-state index is 11.8. The smallest absolute Gasteiger partial charge is 0.303 e. The van der Waals surface area contributed by atoms with Gasteiger partial charge in [-0.3, -0.25) is 9.59 Å². The van der Waals surface area contributed by atoms with E-state index in [0.717, 1.165) is 34.2 Å². The molecule has 90 valence electrons. The Labute approximate surface area is 100 Å². The maximum Gasteiger partial charge on any atom is 0.303 e. The van der Waals surface area contributed by atoms with Crippen molar-refractivity contribution < 1.29 is 14.7 Å². The van der Waals surface area contributed by atoms with Crippen LogP contribution < -0.4 is 0 Å². The van der Waals surface area contributed by atoms with Gasteiger partial charge >= 0.3 is 5.97 Å². The second-order valence-electron chi connectivity index (χ2n) is 4.65. The number of hydrogen-bond acceptors (Lipinski definition) is 2. The number of Topliss-reactive ketones (excluding diaryl/α,β-unsaturated/α-hetero) is 1. The average molecular weight is 232 g/mol. The number of ketones is 1. The van der Waals surface area contributed by atoms with Crippen LogP contribution in [0.2, 0.25) is 0 Å². The molecule has 3 nitrogen and oxygen atoms in total. The molecule has 0 saturated heterocycles. The second kappa shape index (κ2) is 4.32. The molecule has 0 aromatic heterocycles. The summed E-state index contributed by atoms with van der Waals surface area (Å²) < 4.78 is 0. The van der Waals surface area contributed by atoms with Crippen LogP contribution in [0.25, 0.3) is 0 Å². The molecule has 1 N–H and O–H groups in total. The summed E-state index contributed by atoms with van der Waals surface area (Å²) >= 11 is 0. The third-order valence-corrected chi connectivity index (χ3v) is 3.50. The number of carboxylic acids is 1. The number of carboxylic acid groups (broad SMARTS) is 1. The zero-order valence-corrected chi connectivity index (χ0v) is 10.2. The Morgan fingerprint density at radius 2 is 2.06 bits per heavy atom. The van der Waals surface area contributed by atoms with Gasteiger partial charge in [0.15, 0.2) is 5.78 Å². The molecule has 0 atom stereocenters. The van der Waals surface area contributed by atoms with Crippen LogP contribution in [0, 0.1) is 13.8 Å². The number of aliphatic carboxylic acids is 1. The van der Waals surface area contributed by atoms with Crippen LogP contribution in [-0.4, -0.2) is 16.9 Å². The van der Waals surface area contributed by atoms with Crippen LogP contribution in [0.1, 0.15) is 45.5 Å². The topological polar surface area (TPSA) is 54.4 Å². The van der Waals surface area contributed by atoms with Crippen LogP contribution in [0.4, 0.5) is 0 Å². The van der Waals surface area contributed by atoms with Crippen molar-refractivity contribution in [1.29, 1.82) is 0 Å². The molecule has 0 unspecified atom stereocenters. The Hall–Kier alpha value is -1.64. The Kier molecular flexibility index (Phi) is 3.01. The van der Waals surface area contributed by atoms with Gasteiger partial charge in [-0.1, -0.05) is 6.07 Å². The quantitative estimate of drug-likeness (QED) is 0.870. The molecular weight excluding hydrogens is 216 g/mol. The molecule has 0 amide bonds. The van der Waals surface area contributed by atoms with Crippen molar-refractivity contribution in [2.24, 2.45) is 0 Å². The van der Waals surface area contributed by atoms with Crippen molar-refractivity contribution in [3.05, 3.63) is 33.9 Å². The summed E-state index contributed by atoms with van der Waals surface area (Å²) in [6.07, 6.45) is 2.05. The molecule has 0 aliphatic heterocycles. The summed E-state index contributed by atoms with van der Waals surface area (Å²) in [7, 11) is 0. The third-order valence-electron chi connectivity index (χ3n) is 3.50. The molecule has 0 spiro atoms. The summed E-state index contributed by atoms with van der Waals surface area (Å²) in [5.41, 5.74) is 5.10. The predicted octanol–water partition coefficient (Wildman–Crippen LogP) is 2.45. The first kappa shape index (κ1) is 11.8. The van der Waals surface area contributed by atoms with Crippen LogP contribution in [-0.2, 0) is 17.6 Å². The Morgan fingerprint density at radius 1 is 1.35 bits per heavy atom. The van der Waals surface area contributed by atoms with E-state index in [2.05, 4.69) is 0 Å². The van der Waals surface area contributed by atoms with E-state index in [1.807, 2.05) is 19.9 Å². The van der Waals surface area contributed by atoms with Gasteiger partial charge in [0.1, 0.15) is 0 Å². The van der Waals surface area contributed by atoms with Gasteiger partial charge in [0.2, 0.25) is 0 Å². The Bertz CT molecular complexity index is 501. The zero-order chi connectivity index (χ0) is 12.6. The summed E-state index contributed by atoms with van der Waals surface area (Å²) in [6, 6.07) is 2.05. The molecule has 0 saturated carbocycles. The molecule has 3 heteroatoms. The van der Waals surface area contributed by atoms with Crippen molar-refractivity contribution in [2.75, 3.05) is 0 Å². The van der Waals surface area contributed by atoms with E-state index in [1.165, 1.54) is 0 Å². The summed E-state index contributed by atoms with van der Waals surface area (Å²) in [6.45, 7) is 3.93. The molecule has 1 aliphatic carbocycles. The predicted molar refractivity (Wildman–Crippen MR) is 64.5 cm³/mol. The minimum atomic E-state index is -0.796. The van der Waals surface area contributed by atoms with Gasteiger partial charge in [-0.2, -0.15) is 0 Å². The van der Waals surface area contributed by atoms with Crippen molar-refractivity contribution in [2.45, 2.75) is 39.5 Å². The minimum Gasteiger partial charge on any atom is -0.481 e. The third kappa shape index (κ3) is 2.09. The number of benzene rings is 1. The normalized spacial score (nSPS) is 13.9. The zero-order valence-electron chi connectivity index (χ0n) is 10.2. The lowest BCUT2D eigenvalue weighted by molar-refractivity contribution is -0.136. The first-order chi connectivity index (χ1) is 8.00. The number of hydrogen-bond donors (Lipinski definition) is 1. The molecular formula is C14H16O3. The average Bonchev–Trinajstić information content (AvgIpc) is 2.59. The molecule has 0 bridgehead atoms. The minimum absolute atomic E-state index is 0.120. The summed E-state index contributed by atoms with van der Waals surface area (Å²) in [5, 5.41) is 8.74. The van der Waals surface area contributed by atoms with Crippen LogP contribution >= 0.6 is 0 Å². The number of carbonyl (C=O) groups is 2. The van der Waals surface area contributed by atoms with E-state index < -0.39 is 5.97 Å². The molecule has 0 fully saturated rings. The largest absolute Gasteiger partial charge is 0.481 e. The molecule has 2 rings (SSSR count). The number of aryl methyl sites for hydroxylation is 2. The van der Waals surface area contributed by atoms with Crippen molar-refractivity contribution in [1.82, 2.24) is 0 Å². The van der Waals surface area contributed by atoms with E-state index in [-0.39, 0.29) is 12.2 Å². The summed E-state index contributed by atoms with van der Waals surface area (Å²) in [5.74, 6) is -0.593. The fraction of sp³-hybridized carbons (Fsp3) is 0.429. The van der Waals surface area contributed by atoms with E-state index in [1.54, 1.807) is 0 Å². The number of carbonyl (C=O) groups excluding carboxylic acids is 1.